The Morgan fingerprint density at radius 3 is 1.83 bits per heavy atom. The third-order valence-electron chi connectivity index (χ3n) is 4.86. The highest BCUT2D eigenvalue weighted by molar-refractivity contribution is 5.17. The van der Waals surface area contributed by atoms with Crippen molar-refractivity contribution in [2.24, 2.45) is 5.92 Å². The van der Waals surface area contributed by atoms with Crippen molar-refractivity contribution < 1.29 is 5.11 Å². The lowest BCUT2D eigenvalue weighted by Gasteiger charge is -2.33. The lowest BCUT2D eigenvalue weighted by molar-refractivity contribution is 0.0428. The van der Waals surface area contributed by atoms with E-state index < -0.39 is 0 Å². The van der Waals surface area contributed by atoms with Gasteiger partial charge in [0.1, 0.15) is 0 Å². The average Bonchev–Trinajstić information content (AvgIpc) is 2.59. The van der Waals surface area contributed by atoms with Crippen LogP contribution in [0.2, 0.25) is 0 Å². The second-order valence-electron chi connectivity index (χ2n) is 6.75. The number of benzene rings is 2. The number of aliphatic hydroxyl groups is 1. The molecule has 1 N–H and O–H groups in total. The molecule has 2 atom stereocenters. The molecule has 2 aromatic carbocycles. The third kappa shape index (κ3) is 4.92. The second kappa shape index (κ2) is 8.28. The van der Waals surface area contributed by atoms with Crippen LogP contribution in [0.3, 0.4) is 0 Å². The lowest BCUT2D eigenvalue weighted by Crippen LogP contribution is -2.36. The van der Waals surface area contributed by atoms with Gasteiger partial charge in [-0.2, -0.15) is 0 Å². The molecule has 1 saturated carbocycles. The standard InChI is InChI=1S/C21H27NO/c23-21-14-8-7-13-20(21)17-22(15-18-9-3-1-4-10-18)16-19-11-5-2-6-12-19/h1-6,9-12,20-21,23H,7-8,13-17H2/t20-,21-/m1/s1. The molecule has 2 nitrogen and oxygen atoms in total. The maximum absolute atomic E-state index is 10.3. The van der Waals surface area contributed by atoms with Crippen LogP contribution in [0, 0.1) is 5.92 Å². The van der Waals surface area contributed by atoms with Gasteiger partial charge >= 0.3 is 0 Å². The van der Waals surface area contributed by atoms with Crippen LogP contribution >= 0.6 is 0 Å². The van der Waals surface area contributed by atoms with Crippen LogP contribution in [0.15, 0.2) is 60.7 Å². The zero-order chi connectivity index (χ0) is 15.9. The van der Waals surface area contributed by atoms with Crippen molar-refractivity contribution in [1.82, 2.24) is 4.90 Å². The Hall–Kier alpha value is -1.64. The molecule has 0 spiro atoms. The monoisotopic (exact) mass is 309 g/mol. The highest BCUT2D eigenvalue weighted by atomic mass is 16.3. The van der Waals surface area contributed by atoms with Gasteiger partial charge in [0, 0.05) is 19.6 Å². The molecule has 122 valence electrons. The molecule has 0 amide bonds. The first-order valence-electron chi connectivity index (χ1n) is 8.79. The third-order valence-corrected chi connectivity index (χ3v) is 4.86. The highest BCUT2D eigenvalue weighted by Gasteiger charge is 2.25. The lowest BCUT2D eigenvalue weighted by atomic mass is 9.86. The van der Waals surface area contributed by atoms with Crippen molar-refractivity contribution in [1.29, 1.82) is 0 Å². The summed E-state index contributed by atoms with van der Waals surface area (Å²) in [4.78, 5) is 2.49. The summed E-state index contributed by atoms with van der Waals surface area (Å²) in [5.74, 6) is 0.413. The van der Waals surface area contributed by atoms with Gasteiger partial charge in [-0.25, -0.2) is 0 Å². The predicted octanol–water partition coefficient (Wildman–Crippen LogP) is 4.24. The van der Waals surface area contributed by atoms with E-state index in [1.807, 2.05) is 0 Å². The van der Waals surface area contributed by atoms with Crippen molar-refractivity contribution >= 4 is 0 Å². The summed E-state index contributed by atoms with van der Waals surface area (Å²) in [5, 5.41) is 10.3. The van der Waals surface area contributed by atoms with Gasteiger partial charge in [-0.3, -0.25) is 4.90 Å². The fourth-order valence-electron chi connectivity index (χ4n) is 3.60. The van der Waals surface area contributed by atoms with Gasteiger partial charge in [0.15, 0.2) is 0 Å². The van der Waals surface area contributed by atoms with Crippen molar-refractivity contribution in [3.05, 3.63) is 71.8 Å². The Morgan fingerprint density at radius 1 is 0.783 bits per heavy atom. The summed E-state index contributed by atoms with van der Waals surface area (Å²) < 4.78 is 0. The zero-order valence-electron chi connectivity index (χ0n) is 13.8. The maximum atomic E-state index is 10.3. The molecular formula is C21H27NO. The quantitative estimate of drug-likeness (QED) is 0.862. The minimum atomic E-state index is -0.127. The van der Waals surface area contributed by atoms with Crippen LogP contribution in [0.25, 0.3) is 0 Å². The minimum absolute atomic E-state index is 0.127. The molecule has 0 bridgehead atoms. The van der Waals surface area contributed by atoms with Gasteiger partial charge in [-0.05, 0) is 29.9 Å². The SMILES string of the molecule is O[C@@H]1CCCC[C@@H]1CN(Cc1ccccc1)Cc1ccccc1. The first kappa shape index (κ1) is 16.2. The van der Waals surface area contributed by atoms with E-state index in [4.69, 9.17) is 0 Å². The van der Waals surface area contributed by atoms with Crippen molar-refractivity contribution in [3.8, 4) is 0 Å². The first-order valence-corrected chi connectivity index (χ1v) is 8.79. The van der Waals surface area contributed by atoms with Crippen LogP contribution in [0.5, 0.6) is 0 Å². The number of rotatable bonds is 6. The first-order chi connectivity index (χ1) is 11.3. The number of nitrogens with zero attached hydrogens (tertiary/aromatic N) is 1. The summed E-state index contributed by atoms with van der Waals surface area (Å²) in [5.41, 5.74) is 2.68. The molecule has 1 fully saturated rings. The fourth-order valence-corrected chi connectivity index (χ4v) is 3.60. The summed E-state index contributed by atoms with van der Waals surface area (Å²) in [6.45, 7) is 2.86. The molecule has 0 unspecified atom stereocenters. The Balaban J connectivity index is 1.69. The Kier molecular flexibility index (Phi) is 5.84. The van der Waals surface area contributed by atoms with E-state index >= 15 is 0 Å². The molecule has 0 radical (unpaired) electrons. The Bertz CT molecular complexity index is 527. The van der Waals surface area contributed by atoms with E-state index in [0.29, 0.717) is 5.92 Å². The second-order valence-corrected chi connectivity index (χ2v) is 6.75. The largest absolute Gasteiger partial charge is 0.393 e. The molecule has 0 saturated heterocycles. The summed E-state index contributed by atoms with van der Waals surface area (Å²) in [7, 11) is 0. The van der Waals surface area contributed by atoms with Crippen LogP contribution in [-0.4, -0.2) is 22.7 Å². The van der Waals surface area contributed by atoms with Crippen molar-refractivity contribution in [2.75, 3.05) is 6.54 Å². The van der Waals surface area contributed by atoms with Gasteiger partial charge in [-0.1, -0.05) is 73.5 Å². The summed E-state index contributed by atoms with van der Waals surface area (Å²) in [6.07, 6.45) is 4.43. The average molecular weight is 309 g/mol. The van der Waals surface area contributed by atoms with Gasteiger partial charge in [0.25, 0.3) is 0 Å². The molecule has 1 aliphatic carbocycles. The van der Waals surface area contributed by atoms with E-state index in [1.165, 1.54) is 24.0 Å². The molecule has 2 aromatic rings. The van der Waals surface area contributed by atoms with Gasteiger partial charge in [0.2, 0.25) is 0 Å². The Labute approximate surface area is 139 Å². The van der Waals surface area contributed by atoms with E-state index in [0.717, 1.165) is 32.5 Å². The molecular weight excluding hydrogens is 282 g/mol. The molecule has 2 heteroatoms. The summed E-state index contributed by atoms with van der Waals surface area (Å²) in [6, 6.07) is 21.3. The minimum Gasteiger partial charge on any atom is -0.393 e. The van der Waals surface area contributed by atoms with Crippen LogP contribution in [0.4, 0.5) is 0 Å². The predicted molar refractivity (Wildman–Crippen MR) is 95.0 cm³/mol. The van der Waals surface area contributed by atoms with E-state index in [-0.39, 0.29) is 6.10 Å². The van der Waals surface area contributed by atoms with Crippen LogP contribution in [-0.2, 0) is 13.1 Å². The number of aliphatic hydroxyl groups excluding tert-OH is 1. The van der Waals surface area contributed by atoms with E-state index in [1.54, 1.807) is 0 Å². The van der Waals surface area contributed by atoms with Gasteiger partial charge in [0.05, 0.1) is 6.10 Å². The molecule has 1 aliphatic rings. The molecule has 23 heavy (non-hydrogen) atoms. The number of hydrogen-bond acceptors (Lipinski definition) is 2. The van der Waals surface area contributed by atoms with Crippen LogP contribution in [0.1, 0.15) is 36.8 Å². The van der Waals surface area contributed by atoms with Gasteiger partial charge < -0.3 is 5.11 Å². The van der Waals surface area contributed by atoms with Crippen molar-refractivity contribution in [2.45, 2.75) is 44.9 Å². The van der Waals surface area contributed by atoms with E-state index in [9.17, 15) is 5.11 Å². The Morgan fingerprint density at radius 2 is 1.30 bits per heavy atom. The normalized spacial score (nSPS) is 21.5. The van der Waals surface area contributed by atoms with E-state index in [2.05, 4.69) is 65.6 Å². The molecule has 0 heterocycles. The zero-order valence-corrected chi connectivity index (χ0v) is 13.8. The fraction of sp³-hybridized carbons (Fsp3) is 0.429. The number of hydrogen-bond donors (Lipinski definition) is 1. The van der Waals surface area contributed by atoms with Crippen molar-refractivity contribution in [3.63, 3.8) is 0 Å². The summed E-state index contributed by atoms with van der Waals surface area (Å²) >= 11 is 0. The highest BCUT2D eigenvalue weighted by Crippen LogP contribution is 2.26. The maximum Gasteiger partial charge on any atom is 0.0580 e. The smallest absolute Gasteiger partial charge is 0.0580 e. The molecule has 0 aliphatic heterocycles. The molecule has 0 aromatic heterocycles. The topological polar surface area (TPSA) is 23.5 Å². The molecule has 3 rings (SSSR count). The van der Waals surface area contributed by atoms with Crippen LogP contribution < -0.4 is 0 Å². The van der Waals surface area contributed by atoms with Gasteiger partial charge in [-0.15, -0.1) is 0 Å².